The van der Waals surface area contributed by atoms with Crippen LogP contribution in [0.2, 0.25) is 0 Å². The number of amides is 2. The van der Waals surface area contributed by atoms with Gasteiger partial charge >= 0.3 is 6.18 Å². The van der Waals surface area contributed by atoms with E-state index < -0.39 is 22.9 Å². The average molecular weight is 432 g/mol. The molecule has 0 aliphatic carbocycles. The zero-order valence-corrected chi connectivity index (χ0v) is 16.1. The second-order valence-electron chi connectivity index (χ2n) is 6.61. The van der Waals surface area contributed by atoms with Crippen LogP contribution < -0.4 is 10.6 Å². The van der Waals surface area contributed by atoms with Gasteiger partial charge in [0.1, 0.15) is 0 Å². The van der Waals surface area contributed by atoms with Crippen LogP contribution >= 0.6 is 11.8 Å². The monoisotopic (exact) mass is 432 g/mol. The molecule has 1 atom stereocenters. The molecule has 3 aromatic rings. The van der Waals surface area contributed by atoms with Gasteiger partial charge in [-0.2, -0.15) is 18.3 Å². The van der Waals surface area contributed by atoms with E-state index in [0.29, 0.717) is 10.6 Å². The molecule has 0 radical (unpaired) electrons. The number of hydrogen-bond donors (Lipinski definition) is 3. The van der Waals surface area contributed by atoms with Crippen molar-refractivity contribution in [3.05, 3.63) is 60.3 Å². The topological polar surface area (TPSA) is 86.9 Å². The van der Waals surface area contributed by atoms with Gasteiger partial charge in [0.05, 0.1) is 22.2 Å². The standard InChI is InChI=1S/C20H15F3N4O2S/c21-20(22,23)12-4-5-16-15(9-12)26-19(29)17(30-16)10-18(28)25-13-3-1-2-11(8-13)14-6-7-24-27-14/h1-9,17H,10H2,(H,24,27)(H,25,28)(H,26,29). The summed E-state index contributed by atoms with van der Waals surface area (Å²) < 4.78 is 38.6. The number of nitrogens with one attached hydrogen (secondary N) is 3. The molecule has 6 nitrogen and oxygen atoms in total. The summed E-state index contributed by atoms with van der Waals surface area (Å²) in [5.41, 5.74) is 1.45. The summed E-state index contributed by atoms with van der Waals surface area (Å²) in [6, 6.07) is 12.1. The summed E-state index contributed by atoms with van der Waals surface area (Å²) >= 11 is 1.07. The number of rotatable bonds is 4. The highest BCUT2D eigenvalue weighted by atomic mass is 32.2. The molecule has 30 heavy (non-hydrogen) atoms. The van der Waals surface area contributed by atoms with Crippen molar-refractivity contribution >= 4 is 35.0 Å². The number of carbonyl (C=O) groups excluding carboxylic acids is 2. The Morgan fingerprint density at radius 1 is 1.17 bits per heavy atom. The van der Waals surface area contributed by atoms with E-state index in [2.05, 4.69) is 20.8 Å². The van der Waals surface area contributed by atoms with Crippen molar-refractivity contribution in [1.82, 2.24) is 10.2 Å². The van der Waals surface area contributed by atoms with Gasteiger partial charge in [-0.05, 0) is 36.4 Å². The first-order valence-electron chi connectivity index (χ1n) is 8.88. The Labute approximate surface area is 173 Å². The summed E-state index contributed by atoms with van der Waals surface area (Å²) in [7, 11) is 0. The fourth-order valence-corrected chi connectivity index (χ4v) is 4.11. The van der Waals surface area contributed by atoms with Crippen LogP contribution in [0.4, 0.5) is 24.5 Å². The summed E-state index contributed by atoms with van der Waals surface area (Å²) in [5, 5.41) is 11.2. The molecule has 1 aliphatic rings. The van der Waals surface area contributed by atoms with Crippen molar-refractivity contribution in [2.75, 3.05) is 10.6 Å². The Morgan fingerprint density at radius 2 is 2.00 bits per heavy atom. The first-order valence-corrected chi connectivity index (χ1v) is 9.76. The first-order chi connectivity index (χ1) is 14.3. The molecule has 0 fully saturated rings. The number of H-pyrrole nitrogens is 1. The zero-order chi connectivity index (χ0) is 21.3. The van der Waals surface area contributed by atoms with Gasteiger partial charge < -0.3 is 10.6 Å². The number of aromatic nitrogens is 2. The maximum absolute atomic E-state index is 12.9. The van der Waals surface area contributed by atoms with Crippen molar-refractivity contribution in [3.8, 4) is 11.3 Å². The number of nitrogens with zero attached hydrogens (tertiary/aromatic N) is 1. The summed E-state index contributed by atoms with van der Waals surface area (Å²) in [6.07, 6.45) is -2.99. The highest BCUT2D eigenvalue weighted by Gasteiger charge is 2.34. The van der Waals surface area contributed by atoms with Crippen molar-refractivity contribution in [1.29, 1.82) is 0 Å². The maximum Gasteiger partial charge on any atom is 0.416 e. The molecule has 154 valence electrons. The van der Waals surface area contributed by atoms with Gasteiger partial charge in [-0.25, -0.2) is 0 Å². The van der Waals surface area contributed by atoms with Crippen molar-refractivity contribution < 1.29 is 22.8 Å². The molecule has 2 aromatic carbocycles. The minimum atomic E-state index is -4.49. The summed E-state index contributed by atoms with van der Waals surface area (Å²) in [4.78, 5) is 25.2. The van der Waals surface area contributed by atoms with E-state index in [4.69, 9.17) is 0 Å². The molecule has 1 unspecified atom stereocenters. The highest BCUT2D eigenvalue weighted by Crippen LogP contribution is 2.40. The lowest BCUT2D eigenvalue weighted by atomic mass is 10.1. The highest BCUT2D eigenvalue weighted by molar-refractivity contribution is 8.01. The predicted octanol–water partition coefficient (Wildman–Crippen LogP) is 4.54. The normalized spacial score (nSPS) is 16.0. The van der Waals surface area contributed by atoms with E-state index in [1.54, 1.807) is 30.5 Å². The molecule has 3 N–H and O–H groups in total. The fourth-order valence-electron chi connectivity index (χ4n) is 3.02. The molecule has 0 saturated carbocycles. The van der Waals surface area contributed by atoms with Crippen molar-refractivity contribution in [2.24, 2.45) is 0 Å². The third-order valence-electron chi connectivity index (χ3n) is 4.46. The van der Waals surface area contributed by atoms with Gasteiger partial charge in [0, 0.05) is 28.8 Å². The van der Waals surface area contributed by atoms with E-state index in [1.807, 2.05) is 6.07 Å². The lowest BCUT2D eigenvalue weighted by Crippen LogP contribution is -2.32. The largest absolute Gasteiger partial charge is 0.416 e. The van der Waals surface area contributed by atoms with Gasteiger partial charge in [0.25, 0.3) is 0 Å². The van der Waals surface area contributed by atoms with E-state index >= 15 is 0 Å². The Hall–Kier alpha value is -3.27. The fraction of sp³-hybridized carbons (Fsp3) is 0.150. The molecule has 1 aromatic heterocycles. The minimum absolute atomic E-state index is 0.101. The van der Waals surface area contributed by atoms with Gasteiger partial charge in [-0.3, -0.25) is 14.7 Å². The molecule has 1 aliphatic heterocycles. The predicted molar refractivity (Wildman–Crippen MR) is 107 cm³/mol. The number of fused-ring (bicyclic) bond motifs is 1. The van der Waals surface area contributed by atoms with Crippen LogP contribution in [0, 0.1) is 0 Å². The molecule has 0 spiro atoms. The lowest BCUT2D eigenvalue weighted by Gasteiger charge is -2.24. The van der Waals surface area contributed by atoms with Crippen LogP contribution in [-0.2, 0) is 15.8 Å². The third kappa shape index (κ3) is 4.33. The van der Waals surface area contributed by atoms with E-state index in [-0.39, 0.29) is 18.0 Å². The average Bonchev–Trinajstić information content (AvgIpc) is 3.22. The van der Waals surface area contributed by atoms with Crippen LogP contribution in [-0.4, -0.2) is 27.3 Å². The molecule has 2 amide bonds. The van der Waals surface area contributed by atoms with E-state index in [9.17, 15) is 22.8 Å². The molecule has 0 saturated heterocycles. The summed E-state index contributed by atoms with van der Waals surface area (Å²) in [6.45, 7) is 0. The second kappa shape index (κ2) is 7.86. The van der Waals surface area contributed by atoms with Crippen LogP contribution in [0.25, 0.3) is 11.3 Å². The van der Waals surface area contributed by atoms with Crippen LogP contribution in [0.3, 0.4) is 0 Å². The number of hydrogen-bond acceptors (Lipinski definition) is 4. The number of thioether (sulfide) groups is 1. The first kappa shape index (κ1) is 20.0. The summed E-state index contributed by atoms with van der Waals surface area (Å²) in [5.74, 6) is -0.882. The number of anilines is 2. The molecular weight excluding hydrogens is 417 g/mol. The SMILES string of the molecule is O=C(CC1Sc2ccc(C(F)(F)F)cc2NC1=O)Nc1cccc(-c2ccn[nH]2)c1. The number of benzene rings is 2. The zero-order valence-electron chi connectivity index (χ0n) is 15.3. The van der Waals surface area contributed by atoms with Gasteiger partial charge in [-0.1, -0.05) is 12.1 Å². The minimum Gasteiger partial charge on any atom is -0.326 e. The van der Waals surface area contributed by atoms with Crippen molar-refractivity contribution in [3.63, 3.8) is 0 Å². The Balaban J connectivity index is 1.43. The number of carbonyl (C=O) groups is 2. The van der Waals surface area contributed by atoms with Crippen LogP contribution in [0.15, 0.2) is 59.6 Å². The van der Waals surface area contributed by atoms with E-state index in [0.717, 1.165) is 35.2 Å². The Bertz CT molecular complexity index is 1100. The van der Waals surface area contributed by atoms with Crippen LogP contribution in [0.1, 0.15) is 12.0 Å². The number of alkyl halides is 3. The van der Waals surface area contributed by atoms with Gasteiger partial charge in [0.15, 0.2) is 0 Å². The lowest BCUT2D eigenvalue weighted by molar-refractivity contribution is -0.137. The molecule has 4 rings (SSSR count). The Morgan fingerprint density at radius 3 is 2.73 bits per heavy atom. The quantitative estimate of drug-likeness (QED) is 0.565. The van der Waals surface area contributed by atoms with E-state index in [1.165, 1.54) is 6.07 Å². The number of aromatic amines is 1. The smallest absolute Gasteiger partial charge is 0.326 e. The second-order valence-corrected chi connectivity index (χ2v) is 7.85. The Kier molecular flexibility index (Phi) is 5.25. The third-order valence-corrected chi connectivity index (χ3v) is 5.73. The molecule has 0 bridgehead atoms. The maximum atomic E-state index is 12.9. The molecular formula is C20H15F3N4O2S. The van der Waals surface area contributed by atoms with Crippen molar-refractivity contribution in [2.45, 2.75) is 22.7 Å². The number of halogens is 3. The molecule has 2 heterocycles. The van der Waals surface area contributed by atoms with Crippen LogP contribution in [0.5, 0.6) is 0 Å². The van der Waals surface area contributed by atoms with Gasteiger partial charge in [-0.15, -0.1) is 11.8 Å². The molecule has 10 heteroatoms. The van der Waals surface area contributed by atoms with Gasteiger partial charge in [0.2, 0.25) is 11.8 Å².